The fourth-order valence-corrected chi connectivity index (χ4v) is 5.95. The first kappa shape index (κ1) is 20.0. The number of nitrogens with zero attached hydrogens (tertiary/aromatic N) is 5. The van der Waals surface area contributed by atoms with Gasteiger partial charge in [-0.3, -0.25) is 9.89 Å². The molecule has 1 saturated heterocycles. The number of nitriles is 1. The van der Waals surface area contributed by atoms with Crippen LogP contribution in [0, 0.1) is 17.1 Å². The number of nitrogens with one attached hydrogen (secondary N) is 1. The fraction of sp³-hybridized carbons (Fsp3) is 0.364. The average molecular weight is 466 g/mol. The maximum atomic E-state index is 15.6. The Labute approximate surface area is 190 Å². The van der Waals surface area contributed by atoms with Gasteiger partial charge < -0.3 is 19.3 Å². The van der Waals surface area contributed by atoms with E-state index in [2.05, 4.69) is 15.2 Å². The largest absolute Gasteiger partial charge is 0.505 e. The zero-order valence-corrected chi connectivity index (χ0v) is 18.4. The first-order valence-electron chi connectivity index (χ1n) is 10.6. The Morgan fingerprint density at radius 2 is 2.21 bits per heavy atom. The van der Waals surface area contributed by atoms with Gasteiger partial charge in [-0.05, 0) is 25.3 Å². The van der Waals surface area contributed by atoms with Crippen molar-refractivity contribution >= 4 is 38.1 Å². The van der Waals surface area contributed by atoms with Gasteiger partial charge in [0.2, 0.25) is 5.43 Å². The molecule has 0 spiro atoms. The highest BCUT2D eigenvalue weighted by molar-refractivity contribution is 7.19. The summed E-state index contributed by atoms with van der Waals surface area (Å²) in [6.45, 7) is 1.13. The predicted molar refractivity (Wildman–Crippen MR) is 121 cm³/mol. The fourth-order valence-electron chi connectivity index (χ4n) is 4.88. The van der Waals surface area contributed by atoms with Gasteiger partial charge in [0.05, 0.1) is 18.0 Å². The van der Waals surface area contributed by atoms with Crippen molar-refractivity contribution in [2.24, 2.45) is 0 Å². The number of aromatic amines is 1. The molecule has 0 bridgehead atoms. The number of benzene rings is 1. The molecule has 1 aliphatic heterocycles. The zero-order valence-electron chi connectivity index (χ0n) is 17.6. The number of anilines is 1. The Kier molecular flexibility index (Phi) is 4.35. The second kappa shape index (κ2) is 7.18. The number of halogens is 1. The summed E-state index contributed by atoms with van der Waals surface area (Å²) >= 11 is 1.08. The molecular weight excluding hydrogens is 447 g/mol. The van der Waals surface area contributed by atoms with Crippen LogP contribution in [0.25, 0.3) is 21.1 Å². The third-order valence-corrected chi connectivity index (χ3v) is 7.60. The monoisotopic (exact) mass is 466 g/mol. The number of hydrogen-bond donors (Lipinski definition) is 2. The Bertz CT molecular complexity index is 1520. The van der Waals surface area contributed by atoms with Crippen molar-refractivity contribution in [2.75, 3.05) is 25.1 Å². The van der Waals surface area contributed by atoms with Crippen molar-refractivity contribution in [2.45, 2.75) is 31.2 Å². The van der Waals surface area contributed by atoms with Crippen molar-refractivity contribution in [3.8, 4) is 17.6 Å². The molecule has 2 N–H and O–H groups in total. The van der Waals surface area contributed by atoms with Crippen LogP contribution in [0.3, 0.4) is 0 Å². The van der Waals surface area contributed by atoms with Crippen molar-refractivity contribution in [1.29, 1.82) is 5.26 Å². The van der Waals surface area contributed by atoms with Gasteiger partial charge in [-0.1, -0.05) is 0 Å². The number of thiophene rings is 1. The minimum atomic E-state index is -0.563. The number of aromatic hydroxyl groups is 1. The Hall–Kier alpha value is -3.65. The Balaban J connectivity index is 1.63. The van der Waals surface area contributed by atoms with Crippen LogP contribution in [0.2, 0.25) is 0 Å². The van der Waals surface area contributed by atoms with Gasteiger partial charge in [-0.2, -0.15) is 10.4 Å². The second-order valence-electron chi connectivity index (χ2n) is 8.44. The molecule has 11 heteroatoms. The average Bonchev–Trinajstić information content (AvgIpc) is 3.18. The molecule has 1 aromatic carbocycles. The first-order chi connectivity index (χ1) is 16.0. The van der Waals surface area contributed by atoms with Crippen LogP contribution in [0.1, 0.15) is 41.9 Å². The lowest BCUT2D eigenvalue weighted by atomic mass is 10.1. The number of fused-ring (bicyclic) bond motifs is 2. The van der Waals surface area contributed by atoms with Crippen molar-refractivity contribution in [3.05, 3.63) is 39.1 Å². The first-order valence-corrected chi connectivity index (χ1v) is 11.5. The molecule has 168 valence electrons. The van der Waals surface area contributed by atoms with E-state index in [4.69, 9.17) is 4.74 Å². The summed E-state index contributed by atoms with van der Waals surface area (Å²) < 4.78 is 23.3. The van der Waals surface area contributed by atoms with E-state index in [9.17, 15) is 15.2 Å². The SMILES string of the molecule is COc1c(N2CCC(c3ncn[nH]3)C2)c(F)cc2c(=O)c3c(O)c(C#N)sc3n(C3CC3)c12. The predicted octanol–water partition coefficient (Wildman–Crippen LogP) is 3.39. The molecule has 2 fully saturated rings. The van der Waals surface area contributed by atoms with Crippen LogP contribution in [0.4, 0.5) is 10.1 Å². The Morgan fingerprint density at radius 1 is 1.39 bits per heavy atom. The Morgan fingerprint density at radius 3 is 2.88 bits per heavy atom. The third kappa shape index (κ3) is 2.83. The summed E-state index contributed by atoms with van der Waals surface area (Å²) in [5, 5.41) is 26.9. The van der Waals surface area contributed by atoms with Crippen LogP contribution in [-0.4, -0.2) is 45.1 Å². The minimum Gasteiger partial charge on any atom is -0.505 e. The second-order valence-corrected chi connectivity index (χ2v) is 9.44. The third-order valence-electron chi connectivity index (χ3n) is 6.52. The molecule has 9 nitrogen and oxygen atoms in total. The van der Waals surface area contributed by atoms with Gasteiger partial charge in [-0.25, -0.2) is 9.37 Å². The lowest BCUT2D eigenvalue weighted by molar-refractivity contribution is 0.414. The van der Waals surface area contributed by atoms with Crippen LogP contribution >= 0.6 is 11.3 Å². The smallest absolute Gasteiger partial charge is 0.202 e. The van der Waals surface area contributed by atoms with Gasteiger partial charge in [0, 0.05) is 25.0 Å². The van der Waals surface area contributed by atoms with E-state index < -0.39 is 11.2 Å². The number of hydrogen-bond acceptors (Lipinski definition) is 8. The summed E-state index contributed by atoms with van der Waals surface area (Å²) in [6.07, 6.45) is 4.01. The number of methoxy groups -OCH3 is 1. The van der Waals surface area contributed by atoms with E-state index >= 15 is 4.39 Å². The summed E-state index contributed by atoms with van der Waals surface area (Å²) in [6, 6.07) is 3.28. The molecule has 33 heavy (non-hydrogen) atoms. The molecule has 1 atom stereocenters. The molecule has 6 rings (SSSR count). The normalized spacial score (nSPS) is 18.3. The summed E-state index contributed by atoms with van der Waals surface area (Å²) in [7, 11) is 1.47. The van der Waals surface area contributed by atoms with Crippen LogP contribution in [-0.2, 0) is 0 Å². The van der Waals surface area contributed by atoms with Gasteiger partial charge >= 0.3 is 0 Å². The lowest BCUT2D eigenvalue weighted by Crippen LogP contribution is -2.23. The highest BCUT2D eigenvalue weighted by Crippen LogP contribution is 2.49. The van der Waals surface area contributed by atoms with E-state index in [0.29, 0.717) is 34.9 Å². The summed E-state index contributed by atoms with van der Waals surface area (Å²) in [5.74, 6) is 0.226. The molecule has 1 aliphatic carbocycles. The van der Waals surface area contributed by atoms with Crippen molar-refractivity contribution in [3.63, 3.8) is 0 Å². The lowest BCUT2D eigenvalue weighted by Gasteiger charge is -2.24. The number of aromatic nitrogens is 4. The number of ether oxygens (including phenoxy) is 1. The number of pyridine rings is 1. The molecule has 1 saturated carbocycles. The van der Waals surface area contributed by atoms with E-state index in [1.165, 1.54) is 19.5 Å². The van der Waals surface area contributed by atoms with Gasteiger partial charge in [0.1, 0.15) is 39.0 Å². The van der Waals surface area contributed by atoms with E-state index in [-0.39, 0.29) is 33.4 Å². The van der Waals surface area contributed by atoms with Crippen LogP contribution in [0.15, 0.2) is 17.2 Å². The molecular formula is C22H19FN6O3S. The van der Waals surface area contributed by atoms with Crippen molar-refractivity contribution in [1.82, 2.24) is 19.7 Å². The molecule has 1 unspecified atom stereocenters. The topological polar surface area (TPSA) is 120 Å². The summed E-state index contributed by atoms with van der Waals surface area (Å²) in [4.78, 5) is 20.1. The van der Waals surface area contributed by atoms with E-state index in [0.717, 1.165) is 36.4 Å². The molecule has 4 aromatic rings. The van der Waals surface area contributed by atoms with Gasteiger partial charge in [0.25, 0.3) is 0 Å². The quantitative estimate of drug-likeness (QED) is 0.473. The number of H-pyrrole nitrogens is 1. The molecule has 0 amide bonds. The van der Waals surface area contributed by atoms with Gasteiger partial charge in [0.15, 0.2) is 17.3 Å². The van der Waals surface area contributed by atoms with Gasteiger partial charge in [-0.15, -0.1) is 11.3 Å². The number of rotatable bonds is 4. The van der Waals surface area contributed by atoms with Crippen LogP contribution < -0.4 is 15.1 Å². The molecule has 4 heterocycles. The minimum absolute atomic E-state index is 0.0664. The molecule has 2 aliphatic rings. The molecule has 0 radical (unpaired) electrons. The van der Waals surface area contributed by atoms with Crippen molar-refractivity contribution < 1.29 is 14.2 Å². The summed E-state index contributed by atoms with van der Waals surface area (Å²) in [5.41, 5.74) is 0.307. The highest BCUT2D eigenvalue weighted by atomic mass is 32.1. The standard InChI is InChI=1S/C22H19FN6O3S/c1-32-20-16-12(6-13(23)17(20)28-5-4-10(8-28)21-25-9-26-27-21)18(30)15-19(31)14(7-24)33-22(15)29(16)11-2-3-11/h6,9-11,31H,2-5,8H2,1H3,(H,25,26,27). The zero-order chi connectivity index (χ0) is 22.9. The molecule has 3 aromatic heterocycles. The van der Waals surface area contributed by atoms with E-state index in [1.807, 2.05) is 15.5 Å². The highest BCUT2D eigenvalue weighted by Gasteiger charge is 2.35. The maximum Gasteiger partial charge on any atom is 0.202 e. The van der Waals surface area contributed by atoms with E-state index in [1.54, 1.807) is 0 Å². The van der Waals surface area contributed by atoms with Crippen LogP contribution in [0.5, 0.6) is 11.5 Å². The maximum absolute atomic E-state index is 15.6.